The molecule has 0 spiro atoms. The smallest absolute Gasteiger partial charge is 0.120 e. The SMILES string of the molecule is C[C@@H]1CCC(CC=O)C1. The minimum atomic E-state index is 0.720. The van der Waals surface area contributed by atoms with Crippen LogP contribution in [0, 0.1) is 11.8 Å². The molecule has 1 fully saturated rings. The van der Waals surface area contributed by atoms with E-state index in [-0.39, 0.29) is 0 Å². The van der Waals surface area contributed by atoms with E-state index in [9.17, 15) is 4.79 Å². The third kappa shape index (κ3) is 1.81. The summed E-state index contributed by atoms with van der Waals surface area (Å²) in [5.74, 6) is 1.59. The van der Waals surface area contributed by atoms with Gasteiger partial charge in [0, 0.05) is 6.42 Å². The van der Waals surface area contributed by atoms with Gasteiger partial charge >= 0.3 is 0 Å². The van der Waals surface area contributed by atoms with Crippen LogP contribution in [0.4, 0.5) is 0 Å². The Morgan fingerprint density at radius 3 is 2.78 bits per heavy atom. The van der Waals surface area contributed by atoms with E-state index < -0.39 is 0 Å². The molecule has 0 aliphatic heterocycles. The molecule has 0 saturated heterocycles. The second-order valence-electron chi connectivity index (χ2n) is 3.19. The predicted molar refractivity (Wildman–Crippen MR) is 37.2 cm³/mol. The van der Waals surface area contributed by atoms with Crippen molar-refractivity contribution in [1.29, 1.82) is 0 Å². The largest absolute Gasteiger partial charge is 0.303 e. The highest BCUT2D eigenvalue weighted by molar-refractivity contribution is 5.49. The zero-order valence-electron chi connectivity index (χ0n) is 5.97. The van der Waals surface area contributed by atoms with Gasteiger partial charge in [0.2, 0.25) is 0 Å². The second kappa shape index (κ2) is 3.00. The lowest BCUT2D eigenvalue weighted by Crippen LogP contribution is -1.94. The van der Waals surface area contributed by atoms with Crippen molar-refractivity contribution in [3.63, 3.8) is 0 Å². The molecule has 1 aliphatic carbocycles. The van der Waals surface area contributed by atoms with Gasteiger partial charge in [-0.1, -0.05) is 13.3 Å². The van der Waals surface area contributed by atoms with Gasteiger partial charge in [0.05, 0.1) is 0 Å². The van der Waals surface area contributed by atoms with Gasteiger partial charge in [-0.15, -0.1) is 0 Å². The van der Waals surface area contributed by atoms with Crippen molar-refractivity contribution < 1.29 is 4.79 Å². The van der Waals surface area contributed by atoms with Crippen LogP contribution in [0.15, 0.2) is 0 Å². The molecule has 0 aromatic heterocycles. The monoisotopic (exact) mass is 126 g/mol. The summed E-state index contributed by atoms with van der Waals surface area (Å²) >= 11 is 0. The third-order valence-corrected chi connectivity index (χ3v) is 2.23. The maximum atomic E-state index is 10.1. The summed E-state index contributed by atoms with van der Waals surface area (Å²) in [4.78, 5) is 10.1. The van der Waals surface area contributed by atoms with Crippen LogP contribution in [0.5, 0.6) is 0 Å². The molecule has 1 nitrogen and oxygen atoms in total. The van der Waals surface area contributed by atoms with Crippen LogP contribution in [0.2, 0.25) is 0 Å². The normalized spacial score (nSPS) is 34.8. The van der Waals surface area contributed by atoms with Crippen molar-refractivity contribution in [3.05, 3.63) is 0 Å². The van der Waals surface area contributed by atoms with Crippen LogP contribution in [-0.4, -0.2) is 6.29 Å². The Balaban J connectivity index is 2.21. The first-order valence-electron chi connectivity index (χ1n) is 3.76. The summed E-state index contributed by atoms with van der Waals surface area (Å²) in [5, 5.41) is 0. The maximum Gasteiger partial charge on any atom is 0.120 e. The molecule has 0 radical (unpaired) electrons. The lowest BCUT2D eigenvalue weighted by molar-refractivity contribution is -0.108. The molecule has 2 atom stereocenters. The molecular weight excluding hydrogens is 112 g/mol. The molecule has 1 rings (SSSR count). The first-order valence-corrected chi connectivity index (χ1v) is 3.76. The number of hydrogen-bond donors (Lipinski definition) is 0. The molecule has 0 aromatic carbocycles. The van der Waals surface area contributed by atoms with Crippen molar-refractivity contribution >= 4 is 6.29 Å². The van der Waals surface area contributed by atoms with E-state index >= 15 is 0 Å². The quantitative estimate of drug-likeness (QED) is 0.517. The molecule has 1 heteroatoms. The number of carbonyl (C=O) groups excluding carboxylic acids is 1. The van der Waals surface area contributed by atoms with Gasteiger partial charge in [-0.05, 0) is 24.7 Å². The maximum absolute atomic E-state index is 10.1. The van der Waals surface area contributed by atoms with Gasteiger partial charge in [0.25, 0.3) is 0 Å². The van der Waals surface area contributed by atoms with Crippen molar-refractivity contribution in [2.24, 2.45) is 11.8 Å². The average Bonchev–Trinajstić information content (AvgIpc) is 2.17. The van der Waals surface area contributed by atoms with Crippen molar-refractivity contribution in [2.45, 2.75) is 32.6 Å². The van der Waals surface area contributed by atoms with Crippen LogP contribution < -0.4 is 0 Å². The van der Waals surface area contributed by atoms with E-state index in [0.29, 0.717) is 0 Å². The van der Waals surface area contributed by atoms with Gasteiger partial charge in [-0.2, -0.15) is 0 Å². The number of carbonyl (C=O) groups is 1. The molecule has 0 bridgehead atoms. The Hall–Kier alpha value is -0.330. The van der Waals surface area contributed by atoms with Crippen LogP contribution >= 0.6 is 0 Å². The fourth-order valence-corrected chi connectivity index (χ4v) is 1.68. The number of hydrogen-bond acceptors (Lipinski definition) is 1. The van der Waals surface area contributed by atoms with Crippen molar-refractivity contribution in [1.82, 2.24) is 0 Å². The predicted octanol–water partition coefficient (Wildman–Crippen LogP) is 2.01. The van der Waals surface area contributed by atoms with E-state index in [2.05, 4.69) is 6.92 Å². The second-order valence-corrected chi connectivity index (χ2v) is 3.19. The van der Waals surface area contributed by atoms with Crippen molar-refractivity contribution in [3.8, 4) is 0 Å². The molecule has 9 heavy (non-hydrogen) atoms. The number of rotatable bonds is 2. The van der Waals surface area contributed by atoms with E-state index in [0.717, 1.165) is 24.5 Å². The molecule has 1 aliphatic rings. The molecule has 0 N–H and O–H groups in total. The van der Waals surface area contributed by atoms with Gasteiger partial charge in [-0.3, -0.25) is 0 Å². The molecule has 0 heterocycles. The fourth-order valence-electron chi connectivity index (χ4n) is 1.68. The zero-order valence-corrected chi connectivity index (χ0v) is 5.97. The summed E-state index contributed by atoms with van der Waals surface area (Å²) in [5.41, 5.74) is 0. The summed E-state index contributed by atoms with van der Waals surface area (Å²) in [6.45, 7) is 2.27. The van der Waals surface area contributed by atoms with Gasteiger partial charge < -0.3 is 4.79 Å². The summed E-state index contributed by atoms with van der Waals surface area (Å²) < 4.78 is 0. The Kier molecular flexibility index (Phi) is 2.26. The first kappa shape index (κ1) is 6.79. The Morgan fingerprint density at radius 2 is 2.33 bits per heavy atom. The molecular formula is C8H14O. The molecule has 1 saturated carbocycles. The minimum Gasteiger partial charge on any atom is -0.303 e. The Bertz CT molecular complexity index is 98.7. The van der Waals surface area contributed by atoms with Gasteiger partial charge in [0.1, 0.15) is 6.29 Å². The summed E-state index contributed by atoms with van der Waals surface area (Å²) in [6.07, 6.45) is 5.74. The molecule has 52 valence electrons. The van der Waals surface area contributed by atoms with E-state index in [1.165, 1.54) is 19.3 Å². The average molecular weight is 126 g/mol. The number of aldehydes is 1. The first-order chi connectivity index (χ1) is 4.33. The standard InChI is InChI=1S/C8H14O/c1-7-2-3-8(6-7)4-5-9/h5,7-8H,2-4,6H2,1H3/t7-,8?/m1/s1. The Morgan fingerprint density at radius 1 is 1.56 bits per heavy atom. The van der Waals surface area contributed by atoms with Crippen LogP contribution in [-0.2, 0) is 4.79 Å². The highest BCUT2D eigenvalue weighted by Gasteiger charge is 2.19. The highest BCUT2D eigenvalue weighted by atomic mass is 16.1. The molecule has 0 amide bonds. The van der Waals surface area contributed by atoms with Gasteiger partial charge in [0.15, 0.2) is 0 Å². The van der Waals surface area contributed by atoms with Gasteiger partial charge in [-0.25, -0.2) is 0 Å². The minimum absolute atomic E-state index is 0.720. The summed E-state index contributed by atoms with van der Waals surface area (Å²) in [6, 6.07) is 0. The van der Waals surface area contributed by atoms with Crippen LogP contribution in [0.1, 0.15) is 32.6 Å². The van der Waals surface area contributed by atoms with E-state index in [1.54, 1.807) is 0 Å². The third-order valence-electron chi connectivity index (χ3n) is 2.23. The van der Waals surface area contributed by atoms with E-state index in [4.69, 9.17) is 0 Å². The lowest BCUT2D eigenvalue weighted by atomic mass is 10.0. The molecule has 0 aromatic rings. The topological polar surface area (TPSA) is 17.1 Å². The van der Waals surface area contributed by atoms with Crippen molar-refractivity contribution in [2.75, 3.05) is 0 Å². The van der Waals surface area contributed by atoms with Crippen LogP contribution in [0.3, 0.4) is 0 Å². The summed E-state index contributed by atoms with van der Waals surface area (Å²) in [7, 11) is 0. The van der Waals surface area contributed by atoms with E-state index in [1.807, 2.05) is 0 Å². The van der Waals surface area contributed by atoms with Crippen LogP contribution in [0.25, 0.3) is 0 Å². The lowest BCUT2D eigenvalue weighted by Gasteiger charge is -2.01. The Labute approximate surface area is 56.4 Å². The highest BCUT2D eigenvalue weighted by Crippen LogP contribution is 2.31. The fraction of sp³-hybridized carbons (Fsp3) is 0.875. The molecule has 1 unspecified atom stereocenters. The zero-order chi connectivity index (χ0) is 6.69.